The molecule has 7 nitrogen and oxygen atoms in total. The number of carbonyl (C=O) groups excluding carboxylic acids is 1. The first kappa shape index (κ1) is 22.8. The predicted molar refractivity (Wildman–Crippen MR) is 124 cm³/mol. The number of aromatic nitrogens is 2. The van der Waals surface area contributed by atoms with Gasteiger partial charge in [0.2, 0.25) is 0 Å². The second kappa shape index (κ2) is 9.12. The van der Waals surface area contributed by atoms with Crippen molar-refractivity contribution in [2.24, 2.45) is 0 Å². The number of rotatable bonds is 4. The summed E-state index contributed by atoms with van der Waals surface area (Å²) < 4.78 is 3.00. The second-order valence-electron chi connectivity index (χ2n) is 9.06. The van der Waals surface area contributed by atoms with Crippen LogP contribution in [0.3, 0.4) is 0 Å². The average Bonchev–Trinajstić information content (AvgIpc) is 2.91. The average molecular weight is 427 g/mol. The van der Waals surface area contributed by atoms with Crippen LogP contribution in [0, 0.1) is 13.8 Å². The van der Waals surface area contributed by atoms with E-state index in [4.69, 9.17) is 0 Å². The maximum atomic E-state index is 13.1. The highest BCUT2D eigenvalue weighted by atomic mass is 16.2. The molecule has 1 aromatic heterocycles. The molecular weight excluding hydrogens is 392 g/mol. The Morgan fingerprint density at radius 1 is 0.806 bits per heavy atom. The fourth-order valence-electron chi connectivity index (χ4n) is 4.39. The van der Waals surface area contributed by atoms with Crippen molar-refractivity contribution in [2.45, 2.75) is 60.0 Å². The maximum absolute atomic E-state index is 13.1. The van der Waals surface area contributed by atoms with Crippen LogP contribution < -0.4 is 16.1 Å². The van der Waals surface area contributed by atoms with Crippen LogP contribution in [0.5, 0.6) is 0 Å². The summed E-state index contributed by atoms with van der Waals surface area (Å²) in [7, 11) is 0. The summed E-state index contributed by atoms with van der Waals surface area (Å²) in [4.78, 5) is 42.8. The second-order valence-corrected chi connectivity index (χ2v) is 9.06. The van der Waals surface area contributed by atoms with E-state index in [2.05, 4.69) is 11.0 Å². The molecule has 0 bridgehead atoms. The molecule has 3 rings (SSSR count). The van der Waals surface area contributed by atoms with Gasteiger partial charge in [0.05, 0.1) is 0 Å². The van der Waals surface area contributed by atoms with Gasteiger partial charge in [-0.05, 0) is 60.1 Å². The van der Waals surface area contributed by atoms with E-state index >= 15 is 0 Å². The molecule has 2 heterocycles. The van der Waals surface area contributed by atoms with E-state index in [0.717, 1.165) is 17.5 Å². The van der Waals surface area contributed by atoms with Crippen molar-refractivity contribution in [3.8, 4) is 0 Å². The lowest BCUT2D eigenvalue weighted by atomic mass is 10.1. The zero-order chi connectivity index (χ0) is 22.9. The molecule has 0 saturated carbocycles. The summed E-state index contributed by atoms with van der Waals surface area (Å²) in [6, 6.07) is 7.22. The van der Waals surface area contributed by atoms with Gasteiger partial charge in [-0.25, -0.2) is 4.79 Å². The van der Waals surface area contributed by atoms with Gasteiger partial charge >= 0.3 is 5.69 Å². The highest BCUT2D eigenvalue weighted by Gasteiger charge is 2.24. The minimum atomic E-state index is -0.278. The molecule has 7 heteroatoms. The van der Waals surface area contributed by atoms with Crippen molar-refractivity contribution in [2.75, 3.05) is 31.1 Å². The zero-order valence-electron chi connectivity index (χ0n) is 19.5. The number of carbonyl (C=O) groups is 1. The first-order chi connectivity index (χ1) is 14.6. The number of nitrogens with zero attached hydrogens (tertiary/aromatic N) is 4. The molecule has 0 atom stereocenters. The van der Waals surface area contributed by atoms with E-state index in [-0.39, 0.29) is 29.2 Å². The number of amides is 1. The largest absolute Gasteiger partial charge is 0.356 e. The fraction of sp³-hybridized carbons (Fsp3) is 0.542. The summed E-state index contributed by atoms with van der Waals surface area (Å²) in [6.45, 7) is 14.0. The van der Waals surface area contributed by atoms with Gasteiger partial charge in [0.25, 0.3) is 11.5 Å². The van der Waals surface area contributed by atoms with Crippen molar-refractivity contribution >= 4 is 11.7 Å². The van der Waals surface area contributed by atoms with Crippen molar-refractivity contribution in [3.05, 3.63) is 61.8 Å². The molecule has 1 saturated heterocycles. The van der Waals surface area contributed by atoms with Crippen LogP contribution in [0.15, 0.2) is 33.9 Å². The van der Waals surface area contributed by atoms with Crippen LogP contribution in [-0.2, 0) is 0 Å². The van der Waals surface area contributed by atoms with Gasteiger partial charge in [-0.1, -0.05) is 17.2 Å². The van der Waals surface area contributed by atoms with Crippen LogP contribution in [0.1, 0.15) is 67.7 Å². The van der Waals surface area contributed by atoms with Crippen LogP contribution >= 0.6 is 0 Å². The maximum Gasteiger partial charge on any atom is 0.333 e. The minimum absolute atomic E-state index is 0.0325. The Labute approximate surface area is 183 Å². The third-order valence-electron chi connectivity index (χ3n) is 5.76. The van der Waals surface area contributed by atoms with E-state index in [1.165, 1.54) is 4.57 Å². The topological polar surface area (TPSA) is 67.6 Å². The van der Waals surface area contributed by atoms with Crippen LogP contribution in [-0.4, -0.2) is 46.1 Å². The Balaban J connectivity index is 1.89. The van der Waals surface area contributed by atoms with Gasteiger partial charge in [-0.3, -0.25) is 18.7 Å². The zero-order valence-corrected chi connectivity index (χ0v) is 19.5. The standard InChI is InChI=1S/C24H34N4O3/c1-16(2)27-21(15-22(29)28(17(3)4)24(27)31)25-8-7-9-26(11-10-25)23(30)20-13-18(5)12-19(6)14-20/h12-17H,7-11H2,1-6H3. The van der Waals surface area contributed by atoms with Crippen molar-refractivity contribution in [1.82, 2.24) is 14.0 Å². The third-order valence-corrected chi connectivity index (χ3v) is 5.76. The number of hydrogen-bond acceptors (Lipinski definition) is 4. The normalized spacial score (nSPS) is 15.0. The molecule has 0 unspecified atom stereocenters. The van der Waals surface area contributed by atoms with E-state index in [0.29, 0.717) is 37.6 Å². The summed E-state index contributed by atoms with van der Waals surface area (Å²) in [6.07, 6.45) is 0.774. The molecule has 1 aromatic carbocycles. The SMILES string of the molecule is Cc1cc(C)cc(C(=O)N2CCCN(c3cc(=O)n(C(C)C)c(=O)n3C(C)C)CC2)c1. The molecule has 0 aliphatic carbocycles. The van der Waals surface area contributed by atoms with E-state index in [1.54, 1.807) is 10.6 Å². The molecule has 31 heavy (non-hydrogen) atoms. The molecule has 1 aliphatic heterocycles. The van der Waals surface area contributed by atoms with Crippen molar-refractivity contribution in [3.63, 3.8) is 0 Å². The first-order valence-electron chi connectivity index (χ1n) is 11.1. The Bertz CT molecular complexity index is 1060. The molecule has 0 spiro atoms. The Morgan fingerprint density at radius 2 is 1.42 bits per heavy atom. The molecule has 1 amide bonds. The van der Waals surface area contributed by atoms with Crippen LogP contribution in [0.25, 0.3) is 0 Å². The summed E-state index contributed by atoms with van der Waals surface area (Å²) in [5.74, 6) is 0.674. The Morgan fingerprint density at radius 3 is 2.00 bits per heavy atom. The summed E-state index contributed by atoms with van der Waals surface area (Å²) >= 11 is 0. The van der Waals surface area contributed by atoms with Crippen LogP contribution in [0.4, 0.5) is 5.82 Å². The number of benzene rings is 1. The number of anilines is 1. The Hall–Kier alpha value is -2.83. The van der Waals surface area contributed by atoms with Crippen molar-refractivity contribution < 1.29 is 4.79 Å². The third kappa shape index (κ3) is 4.75. The predicted octanol–water partition coefficient (Wildman–Crippen LogP) is 3.14. The lowest BCUT2D eigenvalue weighted by Crippen LogP contribution is -2.45. The molecular formula is C24H34N4O3. The first-order valence-corrected chi connectivity index (χ1v) is 11.1. The van der Waals surface area contributed by atoms with Gasteiger partial charge in [-0.15, -0.1) is 0 Å². The number of hydrogen-bond donors (Lipinski definition) is 0. The monoisotopic (exact) mass is 426 g/mol. The summed E-state index contributed by atoms with van der Waals surface area (Å²) in [5, 5.41) is 0. The number of aryl methyl sites for hydroxylation is 2. The van der Waals surface area contributed by atoms with Gasteiger partial charge < -0.3 is 9.80 Å². The lowest BCUT2D eigenvalue weighted by Gasteiger charge is -2.29. The van der Waals surface area contributed by atoms with E-state index < -0.39 is 0 Å². The molecule has 0 N–H and O–H groups in total. The van der Waals surface area contributed by atoms with E-state index in [9.17, 15) is 14.4 Å². The van der Waals surface area contributed by atoms with Gasteiger partial charge in [-0.2, -0.15) is 0 Å². The molecule has 2 aromatic rings. The Kier molecular flexibility index (Phi) is 6.72. The van der Waals surface area contributed by atoms with Gasteiger partial charge in [0.15, 0.2) is 0 Å². The lowest BCUT2D eigenvalue weighted by molar-refractivity contribution is 0.0767. The van der Waals surface area contributed by atoms with E-state index in [1.807, 2.05) is 58.6 Å². The molecule has 1 aliphatic rings. The van der Waals surface area contributed by atoms with Gasteiger partial charge in [0, 0.05) is 49.9 Å². The minimum Gasteiger partial charge on any atom is -0.356 e. The summed E-state index contributed by atoms with van der Waals surface area (Å²) in [5.41, 5.74) is 2.31. The highest BCUT2D eigenvalue weighted by Crippen LogP contribution is 2.19. The quantitative estimate of drug-likeness (QED) is 0.753. The van der Waals surface area contributed by atoms with Gasteiger partial charge in [0.1, 0.15) is 5.82 Å². The van der Waals surface area contributed by atoms with Crippen molar-refractivity contribution in [1.29, 1.82) is 0 Å². The molecule has 168 valence electrons. The highest BCUT2D eigenvalue weighted by molar-refractivity contribution is 5.94. The van der Waals surface area contributed by atoms with Crippen LogP contribution in [0.2, 0.25) is 0 Å². The smallest absolute Gasteiger partial charge is 0.333 e. The molecule has 1 fully saturated rings. The fourth-order valence-corrected chi connectivity index (χ4v) is 4.39. The molecule has 0 radical (unpaired) electrons.